The second-order valence-electron chi connectivity index (χ2n) is 8.22. The van der Waals surface area contributed by atoms with Crippen molar-refractivity contribution >= 4 is 23.5 Å². The molecule has 1 aromatic rings. The number of urea groups is 1. The summed E-state index contributed by atoms with van der Waals surface area (Å²) in [6.07, 6.45) is 0.373. The number of hydrogen-bond donors (Lipinski definition) is 1. The topological polar surface area (TPSA) is 73.0 Å². The number of carbonyl (C=O) groups is 3. The fourth-order valence-corrected chi connectivity index (χ4v) is 4.19. The lowest BCUT2D eigenvalue weighted by Crippen LogP contribution is -2.46. The van der Waals surface area contributed by atoms with Gasteiger partial charge in [-0.05, 0) is 19.1 Å². The van der Waals surface area contributed by atoms with Crippen LogP contribution in [-0.4, -0.2) is 71.8 Å². The van der Waals surface area contributed by atoms with Gasteiger partial charge >= 0.3 is 6.03 Å². The molecular formula is C21H30N4O3. The number of para-hydroxylation sites is 1. The maximum Gasteiger partial charge on any atom is 0.321 e. The van der Waals surface area contributed by atoms with E-state index in [0.717, 1.165) is 5.69 Å². The maximum absolute atomic E-state index is 12.9. The third-order valence-corrected chi connectivity index (χ3v) is 5.60. The second-order valence-corrected chi connectivity index (χ2v) is 8.22. The molecule has 4 amide bonds. The van der Waals surface area contributed by atoms with Gasteiger partial charge in [-0.15, -0.1) is 0 Å². The van der Waals surface area contributed by atoms with Crippen molar-refractivity contribution in [1.82, 2.24) is 14.7 Å². The minimum atomic E-state index is -0.415. The minimum absolute atomic E-state index is 0.0760. The highest BCUT2D eigenvalue weighted by Gasteiger charge is 2.47. The van der Waals surface area contributed by atoms with E-state index >= 15 is 0 Å². The molecule has 2 fully saturated rings. The van der Waals surface area contributed by atoms with E-state index in [1.165, 1.54) is 0 Å². The Balaban J connectivity index is 1.82. The predicted octanol–water partition coefficient (Wildman–Crippen LogP) is 2.26. The number of likely N-dealkylation sites (tertiary alicyclic amines) is 1. The van der Waals surface area contributed by atoms with Crippen LogP contribution in [-0.2, 0) is 9.59 Å². The van der Waals surface area contributed by atoms with Crippen molar-refractivity contribution in [2.24, 2.45) is 11.3 Å². The molecule has 1 N–H and O–H groups in total. The zero-order valence-corrected chi connectivity index (χ0v) is 17.0. The van der Waals surface area contributed by atoms with Gasteiger partial charge in [-0.2, -0.15) is 0 Å². The Labute approximate surface area is 166 Å². The minimum Gasteiger partial charge on any atom is -0.342 e. The van der Waals surface area contributed by atoms with Crippen LogP contribution in [0.5, 0.6) is 0 Å². The van der Waals surface area contributed by atoms with Crippen LogP contribution >= 0.6 is 0 Å². The summed E-state index contributed by atoms with van der Waals surface area (Å²) in [6, 6.07) is 9.15. The van der Waals surface area contributed by atoms with Gasteiger partial charge in [0.2, 0.25) is 11.8 Å². The Hall–Kier alpha value is -2.57. The quantitative estimate of drug-likeness (QED) is 0.866. The first-order valence-corrected chi connectivity index (χ1v) is 10.0. The highest BCUT2D eigenvalue weighted by molar-refractivity contribution is 5.89. The SMILES string of the molecule is CCN1C[C@]2(CC1=O)CN(C(=O)Nc1ccccc1)CCN(C(=O)C(C)C)C2. The first-order valence-electron chi connectivity index (χ1n) is 10.0. The largest absolute Gasteiger partial charge is 0.342 e. The summed E-state index contributed by atoms with van der Waals surface area (Å²) in [4.78, 5) is 43.5. The number of hydrogen-bond acceptors (Lipinski definition) is 3. The van der Waals surface area contributed by atoms with Crippen molar-refractivity contribution in [3.63, 3.8) is 0 Å². The van der Waals surface area contributed by atoms with E-state index in [4.69, 9.17) is 0 Å². The van der Waals surface area contributed by atoms with E-state index in [9.17, 15) is 14.4 Å². The Morgan fingerprint density at radius 3 is 2.32 bits per heavy atom. The maximum atomic E-state index is 12.9. The van der Waals surface area contributed by atoms with Crippen molar-refractivity contribution < 1.29 is 14.4 Å². The number of anilines is 1. The lowest BCUT2D eigenvalue weighted by molar-refractivity contribution is -0.135. The van der Waals surface area contributed by atoms with Gasteiger partial charge in [-0.25, -0.2) is 4.79 Å². The molecule has 0 aromatic heterocycles. The summed E-state index contributed by atoms with van der Waals surface area (Å²) in [6.45, 7) is 8.90. The number of benzene rings is 1. The lowest BCUT2D eigenvalue weighted by atomic mass is 9.85. The molecule has 28 heavy (non-hydrogen) atoms. The average molecular weight is 386 g/mol. The average Bonchev–Trinajstić information content (AvgIpc) is 2.86. The monoisotopic (exact) mass is 386 g/mol. The summed E-state index contributed by atoms with van der Waals surface area (Å²) in [5.41, 5.74) is 0.320. The van der Waals surface area contributed by atoms with Crippen LogP contribution in [0.3, 0.4) is 0 Å². The molecule has 0 aliphatic carbocycles. The Morgan fingerprint density at radius 1 is 1.07 bits per heavy atom. The zero-order valence-electron chi connectivity index (χ0n) is 17.0. The summed E-state index contributed by atoms with van der Waals surface area (Å²) in [7, 11) is 0. The molecule has 1 spiro atoms. The number of amides is 4. The van der Waals surface area contributed by atoms with E-state index in [0.29, 0.717) is 45.7 Å². The van der Waals surface area contributed by atoms with E-state index < -0.39 is 5.41 Å². The number of rotatable bonds is 3. The van der Waals surface area contributed by atoms with Crippen LogP contribution in [0.15, 0.2) is 30.3 Å². The van der Waals surface area contributed by atoms with E-state index in [2.05, 4.69) is 5.32 Å². The molecule has 2 saturated heterocycles. The number of nitrogens with zero attached hydrogens (tertiary/aromatic N) is 3. The van der Waals surface area contributed by atoms with Crippen LogP contribution in [0, 0.1) is 11.3 Å². The van der Waals surface area contributed by atoms with Crippen molar-refractivity contribution in [2.45, 2.75) is 27.2 Å². The Kier molecular flexibility index (Phi) is 5.91. The summed E-state index contributed by atoms with van der Waals surface area (Å²) in [5.74, 6) is 0.0676. The van der Waals surface area contributed by atoms with Gasteiger partial charge in [0.15, 0.2) is 0 Å². The summed E-state index contributed by atoms with van der Waals surface area (Å²) in [5, 5.41) is 2.93. The molecule has 1 atom stereocenters. The first kappa shape index (κ1) is 20.2. The summed E-state index contributed by atoms with van der Waals surface area (Å²) < 4.78 is 0. The molecule has 0 bridgehead atoms. The van der Waals surface area contributed by atoms with Gasteiger partial charge in [0, 0.05) is 62.7 Å². The standard InChI is InChI=1S/C21H30N4O3/c1-4-23-13-21(12-18(23)26)14-24(19(27)16(2)3)10-11-25(15-21)20(28)22-17-8-6-5-7-9-17/h5-9,16H,4,10-15H2,1-3H3,(H,22,28)/t21-/m0/s1. The fourth-order valence-electron chi connectivity index (χ4n) is 4.19. The highest BCUT2D eigenvalue weighted by Crippen LogP contribution is 2.35. The molecule has 2 heterocycles. The van der Waals surface area contributed by atoms with E-state index in [-0.39, 0.29) is 23.8 Å². The van der Waals surface area contributed by atoms with Crippen LogP contribution in [0.4, 0.5) is 10.5 Å². The van der Waals surface area contributed by atoms with Gasteiger partial charge in [-0.3, -0.25) is 9.59 Å². The highest BCUT2D eigenvalue weighted by atomic mass is 16.2. The fraction of sp³-hybridized carbons (Fsp3) is 0.571. The third kappa shape index (κ3) is 4.29. The van der Waals surface area contributed by atoms with Gasteiger partial charge in [-0.1, -0.05) is 32.0 Å². The van der Waals surface area contributed by atoms with Gasteiger partial charge in [0.05, 0.1) is 0 Å². The molecule has 7 nitrogen and oxygen atoms in total. The molecule has 1 aromatic carbocycles. The van der Waals surface area contributed by atoms with Gasteiger partial charge < -0.3 is 20.0 Å². The molecule has 152 valence electrons. The smallest absolute Gasteiger partial charge is 0.321 e. The molecule has 7 heteroatoms. The first-order chi connectivity index (χ1) is 13.3. The van der Waals surface area contributed by atoms with E-state index in [1.807, 2.05) is 60.9 Å². The normalized spacial score (nSPS) is 22.7. The number of nitrogens with one attached hydrogen (secondary N) is 1. The van der Waals surface area contributed by atoms with Crippen molar-refractivity contribution in [3.05, 3.63) is 30.3 Å². The van der Waals surface area contributed by atoms with E-state index in [1.54, 1.807) is 4.90 Å². The second kappa shape index (κ2) is 8.20. The van der Waals surface area contributed by atoms with Crippen molar-refractivity contribution in [2.75, 3.05) is 44.6 Å². The molecule has 2 aliphatic rings. The summed E-state index contributed by atoms with van der Waals surface area (Å²) >= 11 is 0. The van der Waals surface area contributed by atoms with Gasteiger partial charge in [0.25, 0.3) is 0 Å². The van der Waals surface area contributed by atoms with Crippen LogP contribution in [0.25, 0.3) is 0 Å². The third-order valence-electron chi connectivity index (χ3n) is 5.60. The van der Waals surface area contributed by atoms with Crippen molar-refractivity contribution in [3.8, 4) is 0 Å². The number of carbonyl (C=O) groups excluding carboxylic acids is 3. The molecule has 2 aliphatic heterocycles. The van der Waals surface area contributed by atoms with Crippen LogP contribution in [0.1, 0.15) is 27.2 Å². The van der Waals surface area contributed by atoms with Crippen molar-refractivity contribution in [1.29, 1.82) is 0 Å². The molecule has 0 unspecified atom stereocenters. The lowest BCUT2D eigenvalue weighted by Gasteiger charge is -2.34. The molecular weight excluding hydrogens is 356 g/mol. The zero-order chi connectivity index (χ0) is 20.3. The molecule has 3 rings (SSSR count). The van der Waals surface area contributed by atoms with Gasteiger partial charge in [0.1, 0.15) is 0 Å². The Bertz CT molecular complexity index is 736. The molecule has 0 saturated carbocycles. The van der Waals surface area contributed by atoms with Crippen LogP contribution in [0.2, 0.25) is 0 Å². The predicted molar refractivity (Wildman–Crippen MR) is 108 cm³/mol. The van der Waals surface area contributed by atoms with Crippen LogP contribution < -0.4 is 5.32 Å². The Morgan fingerprint density at radius 2 is 1.71 bits per heavy atom. The molecule has 0 radical (unpaired) electrons.